The highest BCUT2D eigenvalue weighted by Crippen LogP contribution is 2.36. The van der Waals surface area contributed by atoms with E-state index in [4.69, 9.17) is 4.53 Å². The predicted octanol–water partition coefficient (Wildman–Crippen LogP) is 4.75. The average Bonchev–Trinajstić information content (AvgIpc) is 2.74. The van der Waals surface area contributed by atoms with E-state index in [0.717, 1.165) is 10.4 Å². The van der Waals surface area contributed by atoms with E-state index in [0.29, 0.717) is 5.56 Å². The van der Waals surface area contributed by atoms with Gasteiger partial charge in [0.15, 0.2) is 11.6 Å². The van der Waals surface area contributed by atoms with Crippen LogP contribution in [0.2, 0.25) is 0 Å². The molecule has 1 N–H and O–H groups in total. The molecule has 5 heteroatoms. The first-order valence-electron chi connectivity index (χ1n) is 10.2. The Kier molecular flexibility index (Phi) is 7.18. The molecule has 0 spiro atoms. The van der Waals surface area contributed by atoms with Gasteiger partial charge in [-0.25, -0.2) is 14.3 Å². The number of rotatable bonds is 7. The van der Waals surface area contributed by atoms with Gasteiger partial charge in [-0.05, 0) is 39.4 Å². The van der Waals surface area contributed by atoms with Crippen LogP contribution in [0.1, 0.15) is 39.3 Å². The molecule has 2 atom stereocenters. The fourth-order valence-corrected chi connectivity index (χ4v) is 5.47. The molecule has 0 fully saturated rings. The Morgan fingerprint density at radius 2 is 1.33 bits per heavy atom. The second-order valence-corrected chi connectivity index (χ2v) is 11.1. The normalized spacial score (nSPS) is 14.0. The topological polar surface area (TPSA) is 21.3 Å². The third-order valence-corrected chi connectivity index (χ3v) is 8.04. The highest BCUT2D eigenvalue weighted by Gasteiger charge is 2.31. The minimum atomic E-state index is -2.03. The van der Waals surface area contributed by atoms with E-state index in [-0.39, 0.29) is 17.4 Å². The van der Waals surface area contributed by atoms with Gasteiger partial charge in [-0.2, -0.15) is 0 Å². The molecule has 3 aromatic rings. The lowest BCUT2D eigenvalue weighted by atomic mass is 9.76. The number of hydrogen-bond acceptors (Lipinski definition) is 2. The van der Waals surface area contributed by atoms with Crippen LogP contribution in [0.3, 0.4) is 0 Å². The lowest BCUT2D eigenvalue weighted by Crippen LogP contribution is -2.49. The predicted molar refractivity (Wildman–Crippen MR) is 121 cm³/mol. The third kappa shape index (κ3) is 5.42. The summed E-state index contributed by atoms with van der Waals surface area (Å²) in [7, 11) is -2.03. The summed E-state index contributed by atoms with van der Waals surface area (Å²) in [5.41, 5.74) is 3.86. The average molecular weight is 426 g/mol. The lowest BCUT2D eigenvalue weighted by molar-refractivity contribution is 0.0868. The Morgan fingerprint density at radius 3 is 1.80 bits per heavy atom. The van der Waals surface area contributed by atoms with E-state index < -0.39 is 20.7 Å². The smallest absolute Gasteiger partial charge is 0.267 e. The first-order valence-corrected chi connectivity index (χ1v) is 11.9. The molecule has 0 radical (unpaired) electrons. The van der Waals surface area contributed by atoms with E-state index in [9.17, 15) is 8.78 Å². The van der Waals surface area contributed by atoms with Crippen molar-refractivity contribution in [3.05, 3.63) is 96.1 Å². The molecular formula is C25H29F2NOSi. The maximum Gasteiger partial charge on any atom is 0.267 e. The van der Waals surface area contributed by atoms with Gasteiger partial charge in [-0.15, -0.1) is 0 Å². The summed E-state index contributed by atoms with van der Waals surface area (Å²) in [6.45, 7) is 8.50. The van der Waals surface area contributed by atoms with Gasteiger partial charge in [-0.1, -0.05) is 94.4 Å². The molecule has 0 bridgehead atoms. The largest absolute Gasteiger partial charge is 0.338 e. The van der Waals surface area contributed by atoms with Crippen LogP contribution in [0.5, 0.6) is 0 Å². The molecule has 0 aliphatic rings. The van der Waals surface area contributed by atoms with Crippen molar-refractivity contribution >= 4 is 19.4 Å². The van der Waals surface area contributed by atoms with Gasteiger partial charge in [0.2, 0.25) is 0 Å². The molecular weight excluding hydrogens is 396 g/mol. The van der Waals surface area contributed by atoms with Gasteiger partial charge in [0.25, 0.3) is 9.04 Å². The molecule has 0 aliphatic carbocycles. The number of halogens is 2. The van der Waals surface area contributed by atoms with Gasteiger partial charge >= 0.3 is 0 Å². The molecule has 0 saturated carbocycles. The van der Waals surface area contributed by atoms with Crippen molar-refractivity contribution in [2.75, 3.05) is 0 Å². The zero-order chi connectivity index (χ0) is 21.7. The number of hydroxylamine groups is 1. The van der Waals surface area contributed by atoms with Crippen LogP contribution in [-0.4, -0.2) is 9.04 Å². The molecule has 158 valence electrons. The van der Waals surface area contributed by atoms with Crippen LogP contribution in [0.15, 0.2) is 78.9 Å². The van der Waals surface area contributed by atoms with Crippen LogP contribution in [0.25, 0.3) is 0 Å². The number of nitrogens with one attached hydrogen (secondary N) is 1. The standard InChI is InChI=1S/C25H29F2NOSi/c1-18(25(2,3)4)24(19-15-16-22(26)23(27)17-19)28-29-30(20-11-7-5-8-12-20)21-13-9-6-10-14-21/h5-18,24,28,30H,1-4H3/t18-,24+/m0/s1. The number of hydrogen-bond donors (Lipinski definition) is 1. The van der Waals surface area contributed by atoms with E-state index in [1.807, 2.05) is 36.4 Å². The summed E-state index contributed by atoms with van der Waals surface area (Å²) in [5.74, 6) is -1.59. The van der Waals surface area contributed by atoms with Gasteiger partial charge in [0.05, 0.1) is 6.04 Å². The minimum absolute atomic E-state index is 0.0670. The van der Waals surface area contributed by atoms with Crippen molar-refractivity contribution in [1.29, 1.82) is 0 Å². The van der Waals surface area contributed by atoms with Crippen molar-refractivity contribution in [3.8, 4) is 0 Å². The van der Waals surface area contributed by atoms with Crippen LogP contribution in [0.4, 0.5) is 8.78 Å². The molecule has 0 saturated heterocycles. The second kappa shape index (κ2) is 9.64. The molecule has 2 nitrogen and oxygen atoms in total. The molecule has 0 unspecified atom stereocenters. The van der Waals surface area contributed by atoms with Gasteiger partial charge in [-0.3, -0.25) is 0 Å². The van der Waals surface area contributed by atoms with E-state index in [1.165, 1.54) is 12.1 Å². The maximum absolute atomic E-state index is 14.0. The Bertz CT molecular complexity index is 905. The Balaban J connectivity index is 1.93. The number of benzene rings is 3. The maximum atomic E-state index is 14.0. The first-order chi connectivity index (χ1) is 14.3. The molecule has 3 aromatic carbocycles. The van der Waals surface area contributed by atoms with E-state index in [2.05, 4.69) is 57.4 Å². The van der Waals surface area contributed by atoms with Crippen LogP contribution < -0.4 is 15.9 Å². The molecule has 0 heterocycles. The lowest BCUT2D eigenvalue weighted by Gasteiger charge is -2.36. The van der Waals surface area contributed by atoms with Gasteiger partial charge in [0.1, 0.15) is 0 Å². The SMILES string of the molecule is C[C@@H]([C@@H](NO[SiH](c1ccccc1)c1ccccc1)c1ccc(F)c(F)c1)C(C)(C)C. The highest BCUT2D eigenvalue weighted by molar-refractivity contribution is 6.79. The summed E-state index contributed by atoms with van der Waals surface area (Å²) >= 11 is 0. The summed E-state index contributed by atoms with van der Waals surface area (Å²) in [5, 5.41) is 2.28. The molecule has 0 amide bonds. The summed E-state index contributed by atoms with van der Waals surface area (Å²) in [6.07, 6.45) is 0. The van der Waals surface area contributed by atoms with E-state index >= 15 is 0 Å². The van der Waals surface area contributed by atoms with Crippen molar-refractivity contribution in [2.24, 2.45) is 11.3 Å². The first kappa shape index (κ1) is 22.3. The third-order valence-electron chi connectivity index (χ3n) is 5.69. The van der Waals surface area contributed by atoms with Gasteiger partial charge < -0.3 is 4.53 Å². The van der Waals surface area contributed by atoms with Crippen LogP contribution in [-0.2, 0) is 4.53 Å². The minimum Gasteiger partial charge on any atom is -0.338 e. The quantitative estimate of drug-likeness (QED) is 0.436. The van der Waals surface area contributed by atoms with Crippen molar-refractivity contribution in [3.63, 3.8) is 0 Å². The van der Waals surface area contributed by atoms with Crippen molar-refractivity contribution < 1.29 is 13.3 Å². The Morgan fingerprint density at radius 1 is 0.800 bits per heavy atom. The Labute approximate surface area is 179 Å². The van der Waals surface area contributed by atoms with Crippen LogP contribution >= 0.6 is 0 Å². The highest BCUT2D eigenvalue weighted by atomic mass is 28.3. The summed E-state index contributed by atoms with van der Waals surface area (Å²) < 4.78 is 33.9. The van der Waals surface area contributed by atoms with Gasteiger partial charge in [0, 0.05) is 0 Å². The Hall–Kier alpha value is -2.34. The fourth-order valence-electron chi connectivity index (χ4n) is 3.39. The second-order valence-electron chi connectivity index (χ2n) is 8.74. The molecule has 0 aliphatic heterocycles. The zero-order valence-corrected chi connectivity index (χ0v) is 19.1. The van der Waals surface area contributed by atoms with Crippen molar-refractivity contribution in [1.82, 2.24) is 5.48 Å². The molecule has 3 rings (SSSR count). The summed E-state index contributed by atoms with van der Waals surface area (Å²) in [4.78, 5) is 0. The monoisotopic (exact) mass is 425 g/mol. The zero-order valence-electron chi connectivity index (χ0n) is 17.9. The van der Waals surface area contributed by atoms with Crippen molar-refractivity contribution in [2.45, 2.75) is 33.7 Å². The molecule has 0 aromatic heterocycles. The molecule has 30 heavy (non-hydrogen) atoms. The van der Waals surface area contributed by atoms with E-state index in [1.54, 1.807) is 6.07 Å². The summed E-state index contributed by atoms with van der Waals surface area (Å²) in [6, 6.07) is 24.1. The fraction of sp³-hybridized carbons (Fsp3) is 0.280. The van der Waals surface area contributed by atoms with Crippen LogP contribution in [0, 0.1) is 23.0 Å².